The average molecular weight is 241 g/mol. The van der Waals surface area contributed by atoms with Gasteiger partial charge >= 0.3 is 0 Å². The second-order valence-electron chi connectivity index (χ2n) is 3.52. The van der Waals surface area contributed by atoms with Gasteiger partial charge in [-0.25, -0.2) is 4.98 Å². The van der Waals surface area contributed by atoms with Crippen molar-refractivity contribution < 1.29 is 0 Å². The molecular weight excluding hydrogens is 222 g/mol. The van der Waals surface area contributed by atoms with E-state index in [0.717, 1.165) is 25.4 Å². The lowest BCUT2D eigenvalue weighted by Crippen LogP contribution is -2.26. The van der Waals surface area contributed by atoms with Crippen molar-refractivity contribution in [1.29, 1.82) is 0 Å². The SMILES string of the molecule is CCN(CC)CCSc1nccn(C)c1=O. The third-order valence-corrected chi connectivity index (χ3v) is 3.47. The lowest BCUT2D eigenvalue weighted by Gasteiger charge is -2.16. The number of rotatable bonds is 6. The van der Waals surface area contributed by atoms with Crippen LogP contribution >= 0.6 is 11.8 Å². The van der Waals surface area contributed by atoms with Crippen LogP contribution in [0.1, 0.15) is 13.8 Å². The summed E-state index contributed by atoms with van der Waals surface area (Å²) in [5, 5.41) is 0.595. The Morgan fingerprint density at radius 2 is 2.12 bits per heavy atom. The smallest absolute Gasteiger partial charge is 0.282 e. The molecule has 0 N–H and O–H groups in total. The van der Waals surface area contributed by atoms with Crippen molar-refractivity contribution in [2.45, 2.75) is 18.9 Å². The number of aryl methyl sites for hydroxylation is 1. The van der Waals surface area contributed by atoms with Gasteiger partial charge in [0.1, 0.15) is 0 Å². The Morgan fingerprint density at radius 3 is 2.75 bits per heavy atom. The highest BCUT2D eigenvalue weighted by Gasteiger charge is 2.04. The minimum Gasteiger partial charge on any atom is -0.315 e. The molecule has 0 saturated heterocycles. The fourth-order valence-electron chi connectivity index (χ4n) is 1.39. The van der Waals surface area contributed by atoms with Gasteiger partial charge < -0.3 is 9.47 Å². The third-order valence-electron chi connectivity index (χ3n) is 2.53. The number of aromatic nitrogens is 2. The normalized spacial score (nSPS) is 11.0. The largest absolute Gasteiger partial charge is 0.315 e. The summed E-state index contributed by atoms with van der Waals surface area (Å²) in [6.45, 7) is 7.40. The number of thioether (sulfide) groups is 1. The van der Waals surface area contributed by atoms with E-state index in [0.29, 0.717) is 5.03 Å². The van der Waals surface area contributed by atoms with Gasteiger partial charge in [0.05, 0.1) is 0 Å². The predicted molar refractivity (Wildman–Crippen MR) is 68.0 cm³/mol. The molecule has 0 aliphatic rings. The topological polar surface area (TPSA) is 38.1 Å². The van der Waals surface area contributed by atoms with Crippen molar-refractivity contribution in [2.24, 2.45) is 7.05 Å². The zero-order valence-corrected chi connectivity index (χ0v) is 11.0. The monoisotopic (exact) mass is 241 g/mol. The summed E-state index contributed by atoms with van der Waals surface area (Å²) in [7, 11) is 1.75. The minimum atomic E-state index is -0.00736. The van der Waals surface area contributed by atoms with E-state index >= 15 is 0 Å². The van der Waals surface area contributed by atoms with Crippen LogP contribution in [-0.4, -0.2) is 39.8 Å². The van der Waals surface area contributed by atoms with E-state index < -0.39 is 0 Å². The average Bonchev–Trinajstić information content (AvgIpc) is 2.30. The molecule has 1 aromatic rings. The van der Waals surface area contributed by atoms with Crippen LogP contribution in [0.15, 0.2) is 22.2 Å². The van der Waals surface area contributed by atoms with Gasteiger partial charge in [-0.15, -0.1) is 0 Å². The van der Waals surface area contributed by atoms with Gasteiger partial charge in [-0.1, -0.05) is 25.6 Å². The van der Waals surface area contributed by atoms with Crippen LogP contribution in [0.25, 0.3) is 0 Å². The van der Waals surface area contributed by atoms with Crippen molar-refractivity contribution in [3.63, 3.8) is 0 Å². The van der Waals surface area contributed by atoms with Crippen LogP contribution in [0.5, 0.6) is 0 Å². The highest BCUT2D eigenvalue weighted by molar-refractivity contribution is 7.99. The Bertz CT molecular complexity index is 374. The molecule has 0 amide bonds. The van der Waals surface area contributed by atoms with Crippen molar-refractivity contribution in [2.75, 3.05) is 25.4 Å². The van der Waals surface area contributed by atoms with Crippen LogP contribution in [0, 0.1) is 0 Å². The first-order valence-corrected chi connectivity index (χ1v) is 6.54. The van der Waals surface area contributed by atoms with E-state index in [-0.39, 0.29) is 5.56 Å². The van der Waals surface area contributed by atoms with Crippen molar-refractivity contribution in [3.05, 3.63) is 22.7 Å². The van der Waals surface area contributed by atoms with Gasteiger partial charge in [0.2, 0.25) is 0 Å². The first-order chi connectivity index (χ1) is 7.69. The number of nitrogens with zero attached hydrogens (tertiary/aromatic N) is 3. The molecule has 0 saturated carbocycles. The fourth-order valence-corrected chi connectivity index (χ4v) is 2.33. The first kappa shape index (κ1) is 13.3. The first-order valence-electron chi connectivity index (χ1n) is 5.55. The second-order valence-corrected chi connectivity index (χ2v) is 4.61. The molecule has 0 unspecified atom stereocenters. The molecule has 1 aromatic heterocycles. The summed E-state index contributed by atoms with van der Waals surface area (Å²) in [6.07, 6.45) is 3.35. The standard InChI is InChI=1S/C11H19N3OS/c1-4-14(5-2)8-9-16-10-11(15)13(3)7-6-12-10/h6-7H,4-5,8-9H2,1-3H3. The highest BCUT2D eigenvalue weighted by atomic mass is 32.2. The summed E-state index contributed by atoms with van der Waals surface area (Å²) in [5.41, 5.74) is -0.00736. The van der Waals surface area contributed by atoms with E-state index in [1.165, 1.54) is 11.8 Å². The van der Waals surface area contributed by atoms with Crippen LogP contribution in [0.4, 0.5) is 0 Å². The maximum absolute atomic E-state index is 11.6. The Balaban J connectivity index is 2.49. The molecule has 0 spiro atoms. The molecule has 0 atom stereocenters. The van der Waals surface area contributed by atoms with Crippen molar-refractivity contribution in [1.82, 2.24) is 14.5 Å². The molecule has 1 heterocycles. The summed E-state index contributed by atoms with van der Waals surface area (Å²) < 4.78 is 1.56. The zero-order valence-electron chi connectivity index (χ0n) is 10.1. The lowest BCUT2D eigenvalue weighted by atomic mass is 10.5. The minimum absolute atomic E-state index is 0.00736. The highest BCUT2D eigenvalue weighted by Crippen LogP contribution is 2.09. The maximum atomic E-state index is 11.6. The Kier molecular flexibility index (Phi) is 5.55. The van der Waals surface area contributed by atoms with Crippen LogP contribution in [0.3, 0.4) is 0 Å². The van der Waals surface area contributed by atoms with E-state index in [1.807, 2.05) is 0 Å². The maximum Gasteiger partial charge on any atom is 0.282 e. The van der Waals surface area contributed by atoms with E-state index in [4.69, 9.17) is 0 Å². The molecule has 0 bridgehead atoms. The van der Waals surface area contributed by atoms with E-state index in [2.05, 4.69) is 23.7 Å². The zero-order chi connectivity index (χ0) is 12.0. The molecule has 16 heavy (non-hydrogen) atoms. The van der Waals surface area contributed by atoms with Gasteiger partial charge in [0.15, 0.2) is 5.03 Å². The molecule has 0 radical (unpaired) electrons. The summed E-state index contributed by atoms with van der Waals surface area (Å²) in [5.74, 6) is 0.911. The predicted octanol–water partition coefficient (Wildman–Crippen LogP) is 1.21. The van der Waals surface area contributed by atoms with Gasteiger partial charge in [-0.05, 0) is 13.1 Å². The Morgan fingerprint density at radius 1 is 1.44 bits per heavy atom. The molecule has 0 fully saturated rings. The molecule has 90 valence electrons. The molecule has 0 aliphatic heterocycles. The number of hydrogen-bond acceptors (Lipinski definition) is 4. The second kappa shape index (κ2) is 6.70. The van der Waals surface area contributed by atoms with Gasteiger partial charge in [-0.2, -0.15) is 0 Å². The van der Waals surface area contributed by atoms with Crippen LogP contribution < -0.4 is 5.56 Å². The third kappa shape index (κ3) is 3.64. The summed E-state index contributed by atoms with van der Waals surface area (Å²) in [6, 6.07) is 0. The van der Waals surface area contributed by atoms with Gasteiger partial charge in [0, 0.05) is 31.7 Å². The Labute approximate surface area is 101 Å². The van der Waals surface area contributed by atoms with Gasteiger partial charge in [0.25, 0.3) is 5.56 Å². The molecular formula is C11H19N3OS. The fraction of sp³-hybridized carbons (Fsp3) is 0.636. The van der Waals surface area contributed by atoms with Crippen LogP contribution in [-0.2, 0) is 7.05 Å². The number of hydrogen-bond donors (Lipinski definition) is 0. The Hall–Kier alpha value is -0.810. The molecule has 5 heteroatoms. The van der Waals surface area contributed by atoms with Gasteiger partial charge in [-0.3, -0.25) is 4.79 Å². The van der Waals surface area contributed by atoms with Crippen LogP contribution in [0.2, 0.25) is 0 Å². The molecule has 1 rings (SSSR count). The summed E-state index contributed by atoms with van der Waals surface area (Å²) >= 11 is 1.53. The van der Waals surface area contributed by atoms with E-state index in [1.54, 1.807) is 24.0 Å². The van der Waals surface area contributed by atoms with Crippen molar-refractivity contribution in [3.8, 4) is 0 Å². The molecule has 4 nitrogen and oxygen atoms in total. The van der Waals surface area contributed by atoms with E-state index in [9.17, 15) is 4.79 Å². The quantitative estimate of drug-likeness (QED) is 0.702. The lowest BCUT2D eigenvalue weighted by molar-refractivity contribution is 0.324. The summed E-state index contributed by atoms with van der Waals surface area (Å²) in [4.78, 5) is 18.1. The molecule has 0 aromatic carbocycles. The molecule has 0 aliphatic carbocycles. The van der Waals surface area contributed by atoms with Crippen molar-refractivity contribution >= 4 is 11.8 Å².